The Hall–Kier alpha value is -0.940. The van der Waals surface area contributed by atoms with Crippen LogP contribution in [-0.2, 0) is 0 Å². The summed E-state index contributed by atoms with van der Waals surface area (Å²) in [6.45, 7) is 8.06. The Balaban J connectivity index is 1.87. The van der Waals surface area contributed by atoms with Crippen LogP contribution in [0.25, 0.3) is 0 Å². The summed E-state index contributed by atoms with van der Waals surface area (Å²) < 4.78 is 0. The summed E-state index contributed by atoms with van der Waals surface area (Å²) in [7, 11) is 0. The lowest BCUT2D eigenvalue weighted by Gasteiger charge is -2.50. The van der Waals surface area contributed by atoms with Gasteiger partial charge in [0.25, 0.3) is 0 Å². The smallest absolute Gasteiger partial charge is 0.0630 e. The van der Waals surface area contributed by atoms with Gasteiger partial charge in [0.05, 0.1) is 6.04 Å². The maximum absolute atomic E-state index is 5.84. The summed E-state index contributed by atoms with van der Waals surface area (Å²) >= 11 is 0. The number of nitrogens with one attached hydrogen (secondary N) is 1. The molecule has 3 fully saturated rings. The van der Waals surface area contributed by atoms with Crippen LogP contribution in [0.15, 0.2) is 24.3 Å². The fourth-order valence-electron chi connectivity index (χ4n) is 3.32. The number of hydrazine groups is 1. The zero-order valence-electron chi connectivity index (χ0n) is 11.0. The summed E-state index contributed by atoms with van der Waals surface area (Å²) in [6, 6.07) is 9.27. The second kappa shape index (κ2) is 4.97. The van der Waals surface area contributed by atoms with Gasteiger partial charge in [0.15, 0.2) is 0 Å². The summed E-state index contributed by atoms with van der Waals surface area (Å²) in [5.41, 5.74) is 5.70. The molecule has 0 radical (unpaired) electrons. The second-order valence-electron chi connectivity index (χ2n) is 5.40. The van der Waals surface area contributed by atoms with Gasteiger partial charge in [-0.15, -0.1) is 0 Å². The molecule has 0 amide bonds. The standard InChI is InChI=1S/C14H22N4/c1-11-4-2-3-5-12(11)14(16-15)13-10-17-6-8-18(13)9-7-17/h2-5,13-14,16H,6-10,15H2,1H3. The van der Waals surface area contributed by atoms with Gasteiger partial charge in [-0.1, -0.05) is 24.3 Å². The molecule has 3 aliphatic rings. The van der Waals surface area contributed by atoms with Crippen LogP contribution in [-0.4, -0.2) is 48.6 Å². The second-order valence-corrected chi connectivity index (χ2v) is 5.40. The van der Waals surface area contributed by atoms with Gasteiger partial charge in [-0.3, -0.25) is 21.1 Å². The minimum atomic E-state index is 0.231. The fraction of sp³-hybridized carbons (Fsp3) is 0.571. The highest BCUT2D eigenvalue weighted by Crippen LogP contribution is 2.28. The molecule has 18 heavy (non-hydrogen) atoms. The Morgan fingerprint density at radius 3 is 2.50 bits per heavy atom. The van der Waals surface area contributed by atoms with E-state index in [1.807, 2.05) is 0 Å². The van der Waals surface area contributed by atoms with Gasteiger partial charge in [-0.25, -0.2) is 0 Å². The lowest BCUT2D eigenvalue weighted by Crippen LogP contribution is -2.64. The molecule has 0 aromatic heterocycles. The zero-order valence-corrected chi connectivity index (χ0v) is 11.0. The van der Waals surface area contributed by atoms with E-state index < -0.39 is 0 Å². The van der Waals surface area contributed by atoms with Gasteiger partial charge in [-0.05, 0) is 18.1 Å². The lowest BCUT2D eigenvalue weighted by atomic mass is 9.92. The highest BCUT2D eigenvalue weighted by Gasteiger charge is 2.37. The van der Waals surface area contributed by atoms with E-state index in [0.29, 0.717) is 6.04 Å². The molecule has 3 heterocycles. The molecule has 4 nitrogen and oxygen atoms in total. The van der Waals surface area contributed by atoms with Crippen LogP contribution in [0.5, 0.6) is 0 Å². The molecule has 0 aliphatic carbocycles. The maximum Gasteiger partial charge on any atom is 0.0630 e. The number of hydrogen-bond donors (Lipinski definition) is 2. The highest BCUT2D eigenvalue weighted by molar-refractivity contribution is 5.30. The van der Waals surface area contributed by atoms with Crippen molar-refractivity contribution in [2.75, 3.05) is 32.7 Å². The van der Waals surface area contributed by atoms with Gasteiger partial charge >= 0.3 is 0 Å². The van der Waals surface area contributed by atoms with E-state index in [-0.39, 0.29) is 6.04 Å². The largest absolute Gasteiger partial charge is 0.299 e. The SMILES string of the molecule is Cc1ccccc1C(NN)C1CN2CCN1CC2. The fourth-order valence-corrected chi connectivity index (χ4v) is 3.32. The summed E-state index contributed by atoms with van der Waals surface area (Å²) in [4.78, 5) is 5.13. The van der Waals surface area contributed by atoms with Crippen LogP contribution in [0.1, 0.15) is 17.2 Å². The van der Waals surface area contributed by atoms with Crippen molar-refractivity contribution in [3.8, 4) is 0 Å². The Bertz CT molecular complexity index is 412. The average Bonchev–Trinajstić information content (AvgIpc) is 2.43. The van der Waals surface area contributed by atoms with Gasteiger partial charge in [-0.2, -0.15) is 0 Å². The zero-order chi connectivity index (χ0) is 12.5. The lowest BCUT2D eigenvalue weighted by molar-refractivity contribution is -0.00378. The molecular weight excluding hydrogens is 224 g/mol. The van der Waals surface area contributed by atoms with E-state index in [1.165, 1.54) is 37.3 Å². The highest BCUT2D eigenvalue weighted by atomic mass is 15.4. The Morgan fingerprint density at radius 1 is 1.22 bits per heavy atom. The third-order valence-corrected chi connectivity index (χ3v) is 4.41. The van der Waals surface area contributed by atoms with Crippen LogP contribution >= 0.6 is 0 Å². The number of benzene rings is 1. The molecular formula is C14H22N4. The third kappa shape index (κ3) is 2.06. The molecule has 2 atom stereocenters. The first-order valence-corrected chi connectivity index (χ1v) is 6.77. The average molecular weight is 246 g/mol. The summed E-state index contributed by atoms with van der Waals surface area (Å²) in [5, 5.41) is 0. The van der Waals surface area contributed by atoms with Gasteiger partial charge in [0.1, 0.15) is 0 Å². The van der Waals surface area contributed by atoms with E-state index in [2.05, 4.69) is 46.4 Å². The number of aryl methyl sites for hydroxylation is 1. The molecule has 3 aliphatic heterocycles. The Kier molecular flexibility index (Phi) is 3.35. The van der Waals surface area contributed by atoms with Crippen molar-refractivity contribution in [2.24, 2.45) is 5.84 Å². The molecule has 3 N–H and O–H groups in total. The number of rotatable bonds is 3. The number of fused-ring (bicyclic) bond motifs is 3. The first-order valence-electron chi connectivity index (χ1n) is 6.77. The van der Waals surface area contributed by atoms with Crippen LogP contribution in [0, 0.1) is 6.92 Å². The van der Waals surface area contributed by atoms with Crippen LogP contribution in [0.2, 0.25) is 0 Å². The summed E-state index contributed by atoms with van der Waals surface area (Å²) in [5.74, 6) is 5.84. The van der Waals surface area contributed by atoms with E-state index in [4.69, 9.17) is 5.84 Å². The molecule has 0 saturated carbocycles. The van der Waals surface area contributed by atoms with Gasteiger partial charge in [0.2, 0.25) is 0 Å². The predicted molar refractivity (Wildman–Crippen MR) is 73.0 cm³/mol. The normalized spacial score (nSPS) is 32.4. The monoisotopic (exact) mass is 246 g/mol. The van der Waals surface area contributed by atoms with Crippen LogP contribution in [0.3, 0.4) is 0 Å². The first-order chi connectivity index (χ1) is 8.79. The molecule has 0 spiro atoms. The van der Waals surface area contributed by atoms with Crippen LogP contribution < -0.4 is 11.3 Å². The molecule has 1 aromatic carbocycles. The van der Waals surface area contributed by atoms with E-state index in [0.717, 1.165) is 6.54 Å². The van der Waals surface area contributed by atoms with Crippen molar-refractivity contribution in [1.29, 1.82) is 0 Å². The van der Waals surface area contributed by atoms with Crippen molar-refractivity contribution in [2.45, 2.75) is 19.0 Å². The molecule has 2 unspecified atom stereocenters. The Morgan fingerprint density at radius 2 is 1.94 bits per heavy atom. The number of nitrogens with two attached hydrogens (primary N) is 1. The van der Waals surface area contributed by atoms with Gasteiger partial charge < -0.3 is 0 Å². The summed E-state index contributed by atoms with van der Waals surface area (Å²) in [6.07, 6.45) is 0. The van der Waals surface area contributed by atoms with E-state index in [9.17, 15) is 0 Å². The number of piperazine rings is 3. The quantitative estimate of drug-likeness (QED) is 0.602. The molecule has 1 aromatic rings. The Labute approximate surface area is 109 Å². The predicted octanol–water partition coefficient (Wildman–Crippen LogP) is 0.499. The number of nitrogens with zero attached hydrogens (tertiary/aromatic N) is 2. The third-order valence-electron chi connectivity index (χ3n) is 4.41. The van der Waals surface area contributed by atoms with Crippen molar-refractivity contribution in [1.82, 2.24) is 15.2 Å². The molecule has 98 valence electrons. The van der Waals surface area contributed by atoms with Crippen molar-refractivity contribution in [3.05, 3.63) is 35.4 Å². The minimum absolute atomic E-state index is 0.231. The molecule has 2 bridgehead atoms. The van der Waals surface area contributed by atoms with Crippen molar-refractivity contribution >= 4 is 0 Å². The van der Waals surface area contributed by atoms with E-state index in [1.54, 1.807) is 0 Å². The van der Waals surface area contributed by atoms with Crippen molar-refractivity contribution in [3.63, 3.8) is 0 Å². The van der Waals surface area contributed by atoms with Crippen molar-refractivity contribution < 1.29 is 0 Å². The molecule has 4 rings (SSSR count). The minimum Gasteiger partial charge on any atom is -0.299 e. The number of hydrogen-bond acceptors (Lipinski definition) is 4. The molecule has 3 saturated heterocycles. The maximum atomic E-state index is 5.84. The molecule has 4 heteroatoms. The van der Waals surface area contributed by atoms with E-state index >= 15 is 0 Å². The first kappa shape index (κ1) is 12.1. The van der Waals surface area contributed by atoms with Gasteiger partial charge in [0, 0.05) is 38.8 Å². The topological polar surface area (TPSA) is 44.5 Å². The van der Waals surface area contributed by atoms with Crippen LogP contribution in [0.4, 0.5) is 0 Å².